The van der Waals surface area contributed by atoms with Crippen molar-refractivity contribution in [2.75, 3.05) is 13.1 Å². The molecule has 0 atom stereocenters. The first-order valence-electron chi connectivity index (χ1n) is 5.95. The van der Waals surface area contributed by atoms with Crippen LogP contribution < -0.4 is 4.74 Å². The maximum Gasteiger partial charge on any atom is 0.387 e. The maximum absolute atomic E-state index is 12.0. The third kappa shape index (κ3) is 5.21. The molecule has 5 nitrogen and oxygen atoms in total. The third-order valence-electron chi connectivity index (χ3n) is 2.56. The monoisotopic (exact) mass is 287 g/mol. The van der Waals surface area contributed by atoms with Gasteiger partial charge in [-0.25, -0.2) is 0 Å². The number of amides is 1. The lowest BCUT2D eigenvalue weighted by molar-refractivity contribution is -0.144. The Morgan fingerprint density at radius 1 is 1.30 bits per heavy atom. The van der Waals surface area contributed by atoms with Gasteiger partial charge in [-0.15, -0.1) is 0 Å². The van der Waals surface area contributed by atoms with E-state index >= 15 is 0 Å². The van der Waals surface area contributed by atoms with E-state index in [4.69, 9.17) is 5.11 Å². The summed E-state index contributed by atoms with van der Waals surface area (Å²) in [5.74, 6) is -1.41. The minimum absolute atomic E-state index is 0.00841. The van der Waals surface area contributed by atoms with E-state index in [1.54, 1.807) is 6.92 Å². The summed E-state index contributed by atoms with van der Waals surface area (Å²) >= 11 is 0. The molecular formula is C13H15F2NO4. The Morgan fingerprint density at radius 2 is 1.90 bits per heavy atom. The molecule has 0 aliphatic heterocycles. The fourth-order valence-electron chi connectivity index (χ4n) is 1.61. The smallest absolute Gasteiger partial charge is 0.387 e. The summed E-state index contributed by atoms with van der Waals surface area (Å²) < 4.78 is 28.1. The molecule has 0 bridgehead atoms. The maximum atomic E-state index is 12.0. The SMILES string of the molecule is CCN(CC(=O)O)C(=O)Cc1ccc(OC(F)F)cc1. The second-order valence-corrected chi connectivity index (χ2v) is 4.00. The molecule has 0 saturated carbocycles. The molecule has 1 aromatic rings. The van der Waals surface area contributed by atoms with Gasteiger partial charge in [-0.1, -0.05) is 12.1 Å². The lowest BCUT2D eigenvalue weighted by atomic mass is 10.1. The summed E-state index contributed by atoms with van der Waals surface area (Å²) in [4.78, 5) is 23.6. The van der Waals surface area contributed by atoms with Gasteiger partial charge in [0.25, 0.3) is 0 Å². The van der Waals surface area contributed by atoms with Crippen molar-refractivity contribution in [3.63, 3.8) is 0 Å². The molecule has 7 heteroatoms. The molecule has 0 aromatic heterocycles. The lowest BCUT2D eigenvalue weighted by Gasteiger charge is -2.18. The number of hydrogen-bond acceptors (Lipinski definition) is 3. The number of alkyl halides is 2. The lowest BCUT2D eigenvalue weighted by Crippen LogP contribution is -2.36. The molecule has 110 valence electrons. The number of carboxylic acid groups (broad SMARTS) is 1. The van der Waals surface area contributed by atoms with E-state index in [0.29, 0.717) is 5.56 Å². The highest BCUT2D eigenvalue weighted by Gasteiger charge is 2.15. The van der Waals surface area contributed by atoms with Crippen LogP contribution in [0.2, 0.25) is 0 Å². The van der Waals surface area contributed by atoms with Crippen molar-refractivity contribution >= 4 is 11.9 Å². The third-order valence-corrected chi connectivity index (χ3v) is 2.56. The molecule has 0 spiro atoms. The van der Waals surface area contributed by atoms with Crippen molar-refractivity contribution in [2.24, 2.45) is 0 Å². The largest absolute Gasteiger partial charge is 0.480 e. The van der Waals surface area contributed by atoms with Crippen LogP contribution in [0.4, 0.5) is 8.78 Å². The zero-order valence-electron chi connectivity index (χ0n) is 10.9. The van der Waals surface area contributed by atoms with Gasteiger partial charge in [0, 0.05) is 6.54 Å². The van der Waals surface area contributed by atoms with Crippen LogP contribution in [-0.4, -0.2) is 41.6 Å². The molecule has 0 heterocycles. The van der Waals surface area contributed by atoms with E-state index < -0.39 is 12.6 Å². The minimum atomic E-state index is -2.89. The van der Waals surface area contributed by atoms with E-state index in [-0.39, 0.29) is 31.2 Å². The molecule has 1 amide bonds. The standard InChI is InChI=1S/C13H15F2NO4/c1-2-16(8-12(18)19)11(17)7-9-3-5-10(6-4-9)20-13(14)15/h3-6,13H,2,7-8H2,1H3,(H,18,19). The Hall–Kier alpha value is -2.18. The van der Waals surface area contributed by atoms with Gasteiger partial charge in [-0.2, -0.15) is 8.78 Å². The Kier molecular flexibility index (Phi) is 5.89. The molecule has 1 rings (SSSR count). The van der Waals surface area contributed by atoms with Gasteiger partial charge >= 0.3 is 12.6 Å². The van der Waals surface area contributed by atoms with Crippen molar-refractivity contribution in [3.05, 3.63) is 29.8 Å². The number of rotatable bonds is 7. The van der Waals surface area contributed by atoms with Crippen LogP contribution in [0.25, 0.3) is 0 Å². The molecular weight excluding hydrogens is 272 g/mol. The van der Waals surface area contributed by atoms with Crippen LogP contribution in [0.15, 0.2) is 24.3 Å². The van der Waals surface area contributed by atoms with E-state index in [1.807, 2.05) is 0 Å². The number of carboxylic acids is 1. The van der Waals surface area contributed by atoms with E-state index in [2.05, 4.69) is 4.74 Å². The average molecular weight is 287 g/mol. The van der Waals surface area contributed by atoms with E-state index in [1.165, 1.54) is 29.2 Å². The van der Waals surface area contributed by atoms with Gasteiger partial charge in [0.2, 0.25) is 5.91 Å². The fraction of sp³-hybridized carbons (Fsp3) is 0.385. The molecule has 0 saturated heterocycles. The zero-order chi connectivity index (χ0) is 15.1. The summed E-state index contributed by atoms with van der Waals surface area (Å²) in [6.07, 6.45) is 0.01000. The molecule has 1 N–H and O–H groups in total. The Morgan fingerprint density at radius 3 is 2.35 bits per heavy atom. The van der Waals surface area contributed by atoms with Crippen molar-refractivity contribution in [2.45, 2.75) is 20.0 Å². The number of aliphatic carboxylic acids is 1. The topological polar surface area (TPSA) is 66.8 Å². The van der Waals surface area contributed by atoms with Crippen LogP contribution >= 0.6 is 0 Å². The van der Waals surface area contributed by atoms with Crippen LogP contribution in [0.3, 0.4) is 0 Å². The fourth-order valence-corrected chi connectivity index (χ4v) is 1.61. The number of benzene rings is 1. The summed E-state index contributed by atoms with van der Waals surface area (Å²) in [5, 5.41) is 8.67. The molecule has 1 aromatic carbocycles. The van der Waals surface area contributed by atoms with Crippen molar-refractivity contribution < 1.29 is 28.2 Å². The number of likely N-dealkylation sites (N-methyl/N-ethyl adjacent to an activating group) is 1. The second-order valence-electron chi connectivity index (χ2n) is 4.00. The predicted molar refractivity (Wildman–Crippen MR) is 66.7 cm³/mol. The van der Waals surface area contributed by atoms with Crippen LogP contribution in [-0.2, 0) is 16.0 Å². The number of ether oxygens (including phenoxy) is 1. The Labute approximate surface area is 114 Å². The number of hydrogen-bond donors (Lipinski definition) is 1. The van der Waals surface area contributed by atoms with Crippen LogP contribution in [0.1, 0.15) is 12.5 Å². The normalized spacial score (nSPS) is 10.4. The van der Waals surface area contributed by atoms with Gasteiger partial charge in [-0.3, -0.25) is 9.59 Å². The molecule has 0 radical (unpaired) electrons. The summed E-state index contributed by atoms with van der Waals surface area (Å²) in [5.41, 5.74) is 0.598. The summed E-state index contributed by atoms with van der Waals surface area (Å²) in [6, 6.07) is 5.65. The van der Waals surface area contributed by atoms with E-state index in [9.17, 15) is 18.4 Å². The molecule has 0 unspecified atom stereocenters. The van der Waals surface area contributed by atoms with Crippen LogP contribution in [0, 0.1) is 0 Å². The first-order valence-corrected chi connectivity index (χ1v) is 5.95. The zero-order valence-corrected chi connectivity index (χ0v) is 10.9. The highest BCUT2D eigenvalue weighted by Crippen LogP contribution is 2.15. The van der Waals surface area contributed by atoms with Crippen molar-refractivity contribution in [1.82, 2.24) is 4.90 Å². The molecule has 0 fully saturated rings. The first kappa shape index (κ1) is 15.9. The molecule has 0 aliphatic rings. The quantitative estimate of drug-likeness (QED) is 0.830. The van der Waals surface area contributed by atoms with Gasteiger partial charge < -0.3 is 14.7 Å². The highest BCUT2D eigenvalue weighted by molar-refractivity contribution is 5.83. The Balaban J connectivity index is 2.63. The summed E-state index contributed by atoms with van der Waals surface area (Å²) in [6.45, 7) is -1.28. The predicted octanol–water partition coefficient (Wildman–Crippen LogP) is 1.76. The summed E-state index contributed by atoms with van der Waals surface area (Å²) in [7, 11) is 0. The average Bonchev–Trinajstić information content (AvgIpc) is 2.37. The first-order chi connectivity index (χ1) is 9.42. The molecule has 0 aliphatic carbocycles. The highest BCUT2D eigenvalue weighted by atomic mass is 19.3. The number of halogens is 2. The number of carbonyl (C=O) groups is 2. The van der Waals surface area contributed by atoms with Crippen molar-refractivity contribution in [3.8, 4) is 5.75 Å². The number of nitrogens with zero attached hydrogens (tertiary/aromatic N) is 1. The Bertz CT molecular complexity index is 462. The minimum Gasteiger partial charge on any atom is -0.480 e. The van der Waals surface area contributed by atoms with Gasteiger partial charge in [0.1, 0.15) is 12.3 Å². The van der Waals surface area contributed by atoms with Crippen LogP contribution in [0.5, 0.6) is 5.75 Å². The van der Waals surface area contributed by atoms with E-state index in [0.717, 1.165) is 0 Å². The van der Waals surface area contributed by atoms with Gasteiger partial charge in [-0.05, 0) is 24.6 Å². The molecule has 20 heavy (non-hydrogen) atoms. The van der Waals surface area contributed by atoms with Gasteiger partial charge in [0.05, 0.1) is 6.42 Å². The van der Waals surface area contributed by atoms with Gasteiger partial charge in [0.15, 0.2) is 0 Å². The van der Waals surface area contributed by atoms with Crippen molar-refractivity contribution in [1.29, 1.82) is 0 Å². The second kappa shape index (κ2) is 7.42. The number of carbonyl (C=O) groups excluding carboxylic acids is 1.